The summed E-state index contributed by atoms with van der Waals surface area (Å²) >= 11 is 2.15. The average Bonchev–Trinajstić information content (AvgIpc) is 2.93. The van der Waals surface area contributed by atoms with Crippen molar-refractivity contribution in [1.82, 2.24) is 9.97 Å². The van der Waals surface area contributed by atoms with Crippen LogP contribution in [0.25, 0.3) is 21.8 Å². The number of benzene rings is 1. The number of fused-ring (bicyclic) bond motifs is 3. The molecule has 2 heterocycles. The van der Waals surface area contributed by atoms with Crippen molar-refractivity contribution in [2.75, 3.05) is 13.7 Å². The van der Waals surface area contributed by atoms with E-state index in [1.807, 2.05) is 6.07 Å². The number of H-pyrrole nitrogens is 2. The molecule has 2 N–H and O–H groups in total. The summed E-state index contributed by atoms with van der Waals surface area (Å²) in [5.74, 6) is 0.211. The van der Waals surface area contributed by atoms with E-state index in [1.165, 1.54) is 6.20 Å². The fraction of sp³-hybridized carbons (Fsp3) is 0.200. The standard InChI is InChI=1S/C15H13IN2O4/c1-3-22-15(20)8-6-17-13-12(8)7-4-9(16)11(21-2)5-10(7)18-14(13)19/h4-6,17H,3H2,1-2H3,(H,18,19). The Morgan fingerprint density at radius 1 is 1.36 bits per heavy atom. The number of esters is 1. The summed E-state index contributed by atoms with van der Waals surface area (Å²) in [7, 11) is 1.57. The lowest BCUT2D eigenvalue weighted by molar-refractivity contribution is 0.0529. The minimum absolute atomic E-state index is 0.276. The number of pyridine rings is 1. The van der Waals surface area contributed by atoms with Crippen LogP contribution in [0.3, 0.4) is 0 Å². The van der Waals surface area contributed by atoms with Gasteiger partial charge in [-0.15, -0.1) is 0 Å². The number of halogens is 1. The zero-order chi connectivity index (χ0) is 15.9. The molecule has 3 rings (SSSR count). The third kappa shape index (κ3) is 2.25. The molecule has 0 aliphatic heterocycles. The van der Waals surface area contributed by atoms with Crippen LogP contribution in [0.15, 0.2) is 23.1 Å². The molecule has 6 nitrogen and oxygen atoms in total. The van der Waals surface area contributed by atoms with Crippen LogP contribution < -0.4 is 10.3 Å². The third-order valence-corrected chi connectivity index (χ3v) is 4.26. The van der Waals surface area contributed by atoms with Gasteiger partial charge in [-0.2, -0.15) is 0 Å². The molecule has 114 valence electrons. The first-order chi connectivity index (χ1) is 10.6. The number of methoxy groups -OCH3 is 1. The van der Waals surface area contributed by atoms with Crippen molar-refractivity contribution >= 4 is 50.4 Å². The Kier molecular flexibility index (Phi) is 3.81. The Labute approximate surface area is 138 Å². The molecule has 1 aromatic carbocycles. The molecule has 0 radical (unpaired) electrons. The molecule has 0 bridgehead atoms. The molecule has 0 amide bonds. The molecule has 0 spiro atoms. The van der Waals surface area contributed by atoms with Gasteiger partial charge >= 0.3 is 5.97 Å². The fourth-order valence-electron chi connectivity index (χ4n) is 2.46. The number of carbonyl (C=O) groups excluding carboxylic acids is 1. The molecule has 0 saturated heterocycles. The van der Waals surface area contributed by atoms with Crippen LogP contribution in [0.2, 0.25) is 0 Å². The maximum atomic E-state index is 12.2. The minimum Gasteiger partial charge on any atom is -0.496 e. The second-order valence-corrected chi connectivity index (χ2v) is 5.82. The molecule has 0 saturated carbocycles. The van der Waals surface area contributed by atoms with Gasteiger partial charge in [0, 0.05) is 23.0 Å². The van der Waals surface area contributed by atoms with Crippen LogP contribution in [0.1, 0.15) is 17.3 Å². The predicted octanol–water partition coefficient (Wildman–Crippen LogP) is 2.80. The molecule has 0 atom stereocenters. The molecule has 7 heteroatoms. The summed E-state index contributed by atoms with van der Waals surface area (Å²) < 4.78 is 11.2. The first-order valence-electron chi connectivity index (χ1n) is 6.64. The van der Waals surface area contributed by atoms with Gasteiger partial charge in [-0.05, 0) is 35.6 Å². The molecule has 0 aliphatic carbocycles. The van der Waals surface area contributed by atoms with Crippen LogP contribution >= 0.6 is 22.6 Å². The van der Waals surface area contributed by atoms with E-state index >= 15 is 0 Å². The highest BCUT2D eigenvalue weighted by atomic mass is 127. The van der Waals surface area contributed by atoms with E-state index in [1.54, 1.807) is 20.1 Å². The average molecular weight is 412 g/mol. The molecule has 0 fully saturated rings. The van der Waals surface area contributed by atoms with Gasteiger partial charge in [0.25, 0.3) is 5.56 Å². The van der Waals surface area contributed by atoms with Gasteiger partial charge < -0.3 is 19.4 Å². The first-order valence-corrected chi connectivity index (χ1v) is 7.72. The zero-order valence-corrected chi connectivity index (χ0v) is 14.1. The summed E-state index contributed by atoms with van der Waals surface area (Å²) in [6, 6.07) is 3.63. The fourth-order valence-corrected chi connectivity index (χ4v) is 3.14. The monoisotopic (exact) mass is 412 g/mol. The zero-order valence-electron chi connectivity index (χ0n) is 12.0. The van der Waals surface area contributed by atoms with E-state index in [9.17, 15) is 9.59 Å². The molecular formula is C15H13IN2O4. The van der Waals surface area contributed by atoms with Crippen LogP contribution in [0, 0.1) is 3.57 Å². The minimum atomic E-state index is -0.452. The topological polar surface area (TPSA) is 84.2 Å². The van der Waals surface area contributed by atoms with Crippen molar-refractivity contribution in [3.8, 4) is 5.75 Å². The van der Waals surface area contributed by atoms with Gasteiger partial charge in [-0.1, -0.05) is 0 Å². The summed E-state index contributed by atoms with van der Waals surface area (Å²) in [6.45, 7) is 2.02. The van der Waals surface area contributed by atoms with Gasteiger partial charge in [0.15, 0.2) is 0 Å². The number of rotatable bonds is 3. The third-order valence-electron chi connectivity index (χ3n) is 3.41. The number of aromatic amines is 2. The highest BCUT2D eigenvalue weighted by Crippen LogP contribution is 2.31. The number of hydrogen-bond donors (Lipinski definition) is 2. The SMILES string of the molecule is CCOC(=O)c1c[nH]c2c(=O)[nH]c3cc(OC)c(I)cc3c12. The number of hydrogen-bond acceptors (Lipinski definition) is 4. The van der Waals surface area contributed by atoms with E-state index in [0.717, 1.165) is 8.96 Å². The summed E-state index contributed by atoms with van der Waals surface area (Å²) in [5.41, 5.74) is 1.03. The van der Waals surface area contributed by atoms with E-state index in [0.29, 0.717) is 27.7 Å². The smallest absolute Gasteiger partial charge is 0.340 e. The van der Waals surface area contributed by atoms with E-state index in [-0.39, 0.29) is 12.2 Å². The highest BCUT2D eigenvalue weighted by Gasteiger charge is 2.18. The molecule has 0 aliphatic rings. The highest BCUT2D eigenvalue weighted by molar-refractivity contribution is 14.1. The maximum Gasteiger partial charge on any atom is 0.340 e. The van der Waals surface area contributed by atoms with Crippen LogP contribution in [-0.4, -0.2) is 29.7 Å². The molecule has 2 aromatic heterocycles. The van der Waals surface area contributed by atoms with Gasteiger partial charge in [-0.3, -0.25) is 4.79 Å². The van der Waals surface area contributed by atoms with Gasteiger partial charge in [-0.25, -0.2) is 4.79 Å². The lowest BCUT2D eigenvalue weighted by Gasteiger charge is -2.07. The van der Waals surface area contributed by atoms with Crippen molar-refractivity contribution < 1.29 is 14.3 Å². The summed E-state index contributed by atoms with van der Waals surface area (Å²) in [5, 5.41) is 1.34. The van der Waals surface area contributed by atoms with Crippen molar-refractivity contribution in [1.29, 1.82) is 0 Å². The normalized spacial score (nSPS) is 11.0. The second-order valence-electron chi connectivity index (χ2n) is 4.66. The van der Waals surface area contributed by atoms with E-state index < -0.39 is 5.97 Å². The Balaban J connectivity index is 2.42. The van der Waals surface area contributed by atoms with E-state index in [2.05, 4.69) is 32.6 Å². The lowest BCUT2D eigenvalue weighted by Crippen LogP contribution is -2.08. The number of aromatic nitrogens is 2. The Bertz CT molecular complexity index is 942. The number of carbonyl (C=O) groups is 1. The van der Waals surface area contributed by atoms with Gasteiger partial charge in [0.2, 0.25) is 0 Å². The van der Waals surface area contributed by atoms with Crippen molar-refractivity contribution in [2.45, 2.75) is 6.92 Å². The van der Waals surface area contributed by atoms with E-state index in [4.69, 9.17) is 9.47 Å². The van der Waals surface area contributed by atoms with Crippen molar-refractivity contribution in [3.63, 3.8) is 0 Å². The summed E-state index contributed by atoms with van der Waals surface area (Å²) in [6.07, 6.45) is 1.51. The predicted molar refractivity (Wildman–Crippen MR) is 91.7 cm³/mol. The van der Waals surface area contributed by atoms with Gasteiger partial charge in [0.1, 0.15) is 11.3 Å². The van der Waals surface area contributed by atoms with Crippen LogP contribution in [-0.2, 0) is 4.74 Å². The Morgan fingerprint density at radius 3 is 2.82 bits per heavy atom. The Hall–Kier alpha value is -2.03. The molecule has 3 aromatic rings. The number of nitrogens with one attached hydrogen (secondary N) is 2. The Morgan fingerprint density at radius 2 is 2.14 bits per heavy atom. The quantitative estimate of drug-likeness (QED) is 0.512. The van der Waals surface area contributed by atoms with Crippen LogP contribution in [0.5, 0.6) is 5.75 Å². The largest absolute Gasteiger partial charge is 0.496 e. The van der Waals surface area contributed by atoms with Crippen LogP contribution in [0.4, 0.5) is 0 Å². The maximum absolute atomic E-state index is 12.2. The summed E-state index contributed by atoms with van der Waals surface area (Å²) in [4.78, 5) is 29.9. The molecular weight excluding hydrogens is 399 g/mol. The second kappa shape index (κ2) is 5.64. The molecule has 0 unspecified atom stereocenters. The number of ether oxygens (including phenoxy) is 2. The van der Waals surface area contributed by atoms with Gasteiger partial charge in [0.05, 0.1) is 28.4 Å². The van der Waals surface area contributed by atoms with Crippen molar-refractivity contribution in [3.05, 3.63) is 37.8 Å². The first kappa shape index (κ1) is 14.9. The lowest BCUT2D eigenvalue weighted by atomic mass is 10.1. The van der Waals surface area contributed by atoms with Crippen molar-refractivity contribution in [2.24, 2.45) is 0 Å². The molecule has 22 heavy (non-hydrogen) atoms.